The number of nitrogens with two attached hydrogens (primary N) is 1. The molecule has 0 saturated heterocycles. The summed E-state index contributed by atoms with van der Waals surface area (Å²) in [6, 6.07) is 3.68. The fourth-order valence-corrected chi connectivity index (χ4v) is 0.596. The smallest absolute Gasteiger partial charge is 0.148 e. The number of hydrogen-bond donors (Lipinski definition) is 2. The number of nitrogens with zero attached hydrogens (tertiary/aromatic N) is 2. The quantitative estimate of drug-likeness (QED) is 0.772. The number of hydrogen-bond acceptors (Lipinski definition) is 4. The van der Waals surface area contributed by atoms with Gasteiger partial charge in [-0.1, -0.05) is 0 Å². The third kappa shape index (κ3) is 5.12. The van der Waals surface area contributed by atoms with Gasteiger partial charge in [0, 0.05) is 19.3 Å². The molecule has 1 rings (SSSR count). The molecule has 1 aromatic heterocycles. The SMILES string of the molecule is Cl.Cl.NCCNc1cccnn1. The number of anilines is 1. The zero-order valence-electron chi connectivity index (χ0n) is 6.43. The Hall–Kier alpha value is -0.580. The van der Waals surface area contributed by atoms with E-state index in [1.165, 1.54) is 0 Å². The zero-order chi connectivity index (χ0) is 7.23. The highest BCUT2D eigenvalue weighted by molar-refractivity contribution is 5.85. The topological polar surface area (TPSA) is 63.8 Å². The van der Waals surface area contributed by atoms with Crippen LogP contribution in [0.2, 0.25) is 0 Å². The number of rotatable bonds is 3. The van der Waals surface area contributed by atoms with E-state index in [-0.39, 0.29) is 24.8 Å². The average Bonchev–Trinajstić information content (AvgIpc) is 2.03. The van der Waals surface area contributed by atoms with Crippen molar-refractivity contribution in [3.8, 4) is 0 Å². The average molecular weight is 211 g/mol. The van der Waals surface area contributed by atoms with Crippen molar-refractivity contribution in [3.05, 3.63) is 18.3 Å². The molecule has 4 nitrogen and oxygen atoms in total. The van der Waals surface area contributed by atoms with E-state index in [0.29, 0.717) is 6.54 Å². The molecule has 0 saturated carbocycles. The van der Waals surface area contributed by atoms with Gasteiger partial charge in [-0.25, -0.2) is 0 Å². The zero-order valence-corrected chi connectivity index (χ0v) is 8.07. The van der Waals surface area contributed by atoms with Crippen LogP contribution in [0.25, 0.3) is 0 Å². The van der Waals surface area contributed by atoms with Gasteiger partial charge >= 0.3 is 0 Å². The predicted octanol–water partition coefficient (Wildman–Crippen LogP) is 0.691. The molecule has 0 bridgehead atoms. The molecular formula is C6H12Cl2N4. The Balaban J connectivity index is 0. The minimum absolute atomic E-state index is 0. The molecule has 0 amide bonds. The maximum Gasteiger partial charge on any atom is 0.148 e. The summed E-state index contributed by atoms with van der Waals surface area (Å²) in [5.74, 6) is 0.771. The van der Waals surface area contributed by atoms with Crippen molar-refractivity contribution < 1.29 is 0 Å². The molecule has 6 heteroatoms. The molecule has 1 aromatic rings. The van der Waals surface area contributed by atoms with Crippen molar-refractivity contribution in [2.45, 2.75) is 0 Å². The summed E-state index contributed by atoms with van der Waals surface area (Å²) in [7, 11) is 0. The number of halogens is 2. The Kier molecular flexibility index (Phi) is 9.92. The van der Waals surface area contributed by atoms with Crippen LogP contribution >= 0.6 is 24.8 Å². The molecule has 1 heterocycles. The third-order valence-corrected chi connectivity index (χ3v) is 1.02. The summed E-state index contributed by atoms with van der Waals surface area (Å²) in [4.78, 5) is 0. The molecule has 3 N–H and O–H groups in total. The van der Waals surface area contributed by atoms with Crippen LogP contribution in [0.4, 0.5) is 5.82 Å². The van der Waals surface area contributed by atoms with Crippen molar-refractivity contribution in [2.24, 2.45) is 5.73 Å². The van der Waals surface area contributed by atoms with Gasteiger partial charge in [0.05, 0.1) is 0 Å². The van der Waals surface area contributed by atoms with Gasteiger partial charge in [-0.05, 0) is 12.1 Å². The van der Waals surface area contributed by atoms with Gasteiger partial charge in [0.2, 0.25) is 0 Å². The largest absolute Gasteiger partial charge is 0.367 e. The minimum Gasteiger partial charge on any atom is -0.367 e. The van der Waals surface area contributed by atoms with Crippen molar-refractivity contribution >= 4 is 30.6 Å². The second-order valence-corrected chi connectivity index (χ2v) is 1.82. The molecular weight excluding hydrogens is 199 g/mol. The van der Waals surface area contributed by atoms with Crippen LogP contribution in [0.1, 0.15) is 0 Å². The normalized spacial score (nSPS) is 7.75. The van der Waals surface area contributed by atoms with E-state index in [0.717, 1.165) is 12.4 Å². The fraction of sp³-hybridized carbons (Fsp3) is 0.333. The van der Waals surface area contributed by atoms with Crippen LogP contribution in [0.3, 0.4) is 0 Å². The van der Waals surface area contributed by atoms with E-state index in [4.69, 9.17) is 5.73 Å². The van der Waals surface area contributed by atoms with Gasteiger partial charge in [0.15, 0.2) is 0 Å². The Morgan fingerprint density at radius 2 is 2.17 bits per heavy atom. The highest BCUT2D eigenvalue weighted by Crippen LogP contribution is 1.94. The summed E-state index contributed by atoms with van der Waals surface area (Å²) < 4.78 is 0. The van der Waals surface area contributed by atoms with Crippen molar-refractivity contribution in [1.82, 2.24) is 10.2 Å². The molecule has 70 valence electrons. The van der Waals surface area contributed by atoms with E-state index in [2.05, 4.69) is 15.5 Å². The van der Waals surface area contributed by atoms with Crippen LogP contribution < -0.4 is 11.1 Å². The lowest BCUT2D eigenvalue weighted by Gasteiger charge is -1.99. The summed E-state index contributed by atoms with van der Waals surface area (Å²) >= 11 is 0. The second kappa shape index (κ2) is 8.52. The van der Waals surface area contributed by atoms with Crippen molar-refractivity contribution in [2.75, 3.05) is 18.4 Å². The fourth-order valence-electron chi connectivity index (χ4n) is 0.596. The van der Waals surface area contributed by atoms with Gasteiger partial charge in [-0.3, -0.25) is 0 Å². The monoisotopic (exact) mass is 210 g/mol. The first-order chi connectivity index (χ1) is 4.93. The number of aromatic nitrogens is 2. The Labute approximate surface area is 83.8 Å². The van der Waals surface area contributed by atoms with Crippen LogP contribution in [0.5, 0.6) is 0 Å². The maximum absolute atomic E-state index is 5.27. The summed E-state index contributed by atoms with van der Waals surface area (Å²) in [6.45, 7) is 1.34. The lowest BCUT2D eigenvalue weighted by Crippen LogP contribution is -2.13. The third-order valence-electron chi connectivity index (χ3n) is 1.02. The molecule has 0 radical (unpaired) electrons. The van der Waals surface area contributed by atoms with Crippen LogP contribution in [-0.4, -0.2) is 23.3 Å². The van der Waals surface area contributed by atoms with E-state index in [1.807, 2.05) is 12.1 Å². The van der Waals surface area contributed by atoms with Gasteiger partial charge in [0.25, 0.3) is 0 Å². The molecule has 0 aliphatic carbocycles. The van der Waals surface area contributed by atoms with E-state index >= 15 is 0 Å². The predicted molar refractivity (Wildman–Crippen MR) is 54.1 cm³/mol. The highest BCUT2D eigenvalue weighted by atomic mass is 35.5. The van der Waals surface area contributed by atoms with Crippen molar-refractivity contribution in [3.63, 3.8) is 0 Å². The second-order valence-electron chi connectivity index (χ2n) is 1.82. The Morgan fingerprint density at radius 1 is 1.42 bits per heavy atom. The van der Waals surface area contributed by atoms with Crippen LogP contribution in [0, 0.1) is 0 Å². The summed E-state index contributed by atoms with van der Waals surface area (Å²) in [5.41, 5.74) is 5.27. The lowest BCUT2D eigenvalue weighted by molar-refractivity contribution is 0.971. The molecule has 0 fully saturated rings. The standard InChI is InChI=1S/C6H10N4.2ClH/c7-3-5-8-6-2-1-4-9-10-6;;/h1-2,4H,3,5,7H2,(H,8,10);2*1H. The molecule has 0 unspecified atom stereocenters. The molecule has 0 atom stereocenters. The minimum atomic E-state index is 0. The molecule has 0 aromatic carbocycles. The van der Waals surface area contributed by atoms with Crippen LogP contribution in [-0.2, 0) is 0 Å². The van der Waals surface area contributed by atoms with Crippen LogP contribution in [0.15, 0.2) is 18.3 Å². The first-order valence-electron chi connectivity index (χ1n) is 3.15. The van der Waals surface area contributed by atoms with Gasteiger partial charge < -0.3 is 11.1 Å². The van der Waals surface area contributed by atoms with Gasteiger partial charge in [-0.2, -0.15) is 5.10 Å². The molecule has 0 aliphatic heterocycles. The maximum atomic E-state index is 5.27. The van der Waals surface area contributed by atoms with E-state index in [1.54, 1.807) is 6.20 Å². The molecule has 12 heavy (non-hydrogen) atoms. The first kappa shape index (κ1) is 14.0. The van der Waals surface area contributed by atoms with Gasteiger partial charge in [-0.15, -0.1) is 29.9 Å². The molecule has 0 spiro atoms. The van der Waals surface area contributed by atoms with E-state index in [9.17, 15) is 0 Å². The van der Waals surface area contributed by atoms with Crippen molar-refractivity contribution in [1.29, 1.82) is 0 Å². The lowest BCUT2D eigenvalue weighted by atomic mass is 10.5. The Bertz CT molecular complexity index is 182. The summed E-state index contributed by atoms with van der Waals surface area (Å²) in [6.07, 6.45) is 1.63. The highest BCUT2D eigenvalue weighted by Gasteiger charge is 1.87. The summed E-state index contributed by atoms with van der Waals surface area (Å²) in [5, 5.41) is 10.5. The Morgan fingerprint density at radius 3 is 2.67 bits per heavy atom. The number of nitrogens with one attached hydrogen (secondary N) is 1. The van der Waals surface area contributed by atoms with Gasteiger partial charge in [0.1, 0.15) is 5.82 Å². The first-order valence-corrected chi connectivity index (χ1v) is 3.15. The molecule has 0 aliphatic rings. The van der Waals surface area contributed by atoms with E-state index < -0.39 is 0 Å².